The number of fused-ring (bicyclic) bond motifs is 2. The number of nitrogens with two attached hydrogens (primary N) is 1. The number of anilines is 1. The van der Waals surface area contributed by atoms with E-state index >= 15 is 0 Å². The summed E-state index contributed by atoms with van der Waals surface area (Å²) in [6, 6.07) is 8.49. The molecule has 4 rings (SSSR count). The van der Waals surface area contributed by atoms with E-state index in [-0.39, 0.29) is 5.91 Å². The molecule has 1 aliphatic carbocycles. The fourth-order valence-corrected chi connectivity index (χ4v) is 4.23. The molecular weight excluding hydrogens is 296 g/mol. The number of rotatable bonds is 3. The van der Waals surface area contributed by atoms with E-state index < -0.39 is 0 Å². The highest BCUT2D eigenvalue weighted by Crippen LogP contribution is 2.32. The molecule has 0 spiro atoms. The smallest absolute Gasteiger partial charge is 0.280 e. The molecule has 2 fully saturated rings. The van der Waals surface area contributed by atoms with Crippen LogP contribution in [0.1, 0.15) is 22.6 Å². The molecule has 1 saturated heterocycles. The lowest BCUT2D eigenvalue weighted by atomic mass is 10.0. The van der Waals surface area contributed by atoms with Crippen LogP contribution in [0.3, 0.4) is 0 Å². The molecule has 2 heterocycles. The minimum atomic E-state index is -0.0516. The molecule has 3 unspecified atom stereocenters. The summed E-state index contributed by atoms with van der Waals surface area (Å²) in [5, 5.41) is 7.13. The van der Waals surface area contributed by atoms with Gasteiger partial charge in [0.1, 0.15) is 0 Å². The van der Waals surface area contributed by atoms with Crippen LogP contribution in [-0.2, 0) is 0 Å². The van der Waals surface area contributed by atoms with Crippen LogP contribution in [0.2, 0.25) is 0 Å². The number of hydrogen-bond donors (Lipinski definition) is 3. The first-order valence-electron chi connectivity index (χ1n) is 7.55. The number of thiazole rings is 1. The first-order chi connectivity index (χ1) is 10.7. The van der Waals surface area contributed by atoms with Gasteiger partial charge in [0.05, 0.1) is 4.88 Å². The van der Waals surface area contributed by atoms with Crippen molar-refractivity contribution in [3.05, 3.63) is 35.5 Å². The number of amides is 1. The molecule has 2 aromatic rings. The van der Waals surface area contributed by atoms with Crippen LogP contribution >= 0.6 is 11.3 Å². The number of carbonyl (C=O) groups excluding carboxylic acids is 1. The number of nitrogen functional groups attached to an aromatic ring is 1. The molecule has 1 saturated carbocycles. The molecule has 3 atom stereocenters. The molecular formula is C16H18N4OS. The molecule has 0 radical (unpaired) electrons. The Bertz CT molecular complexity index is 696. The van der Waals surface area contributed by atoms with Crippen molar-refractivity contribution < 1.29 is 4.79 Å². The zero-order valence-corrected chi connectivity index (χ0v) is 12.9. The topological polar surface area (TPSA) is 80.0 Å². The predicted molar refractivity (Wildman–Crippen MR) is 87.7 cm³/mol. The monoisotopic (exact) mass is 314 g/mol. The van der Waals surface area contributed by atoms with E-state index in [4.69, 9.17) is 5.73 Å². The third-order valence-electron chi connectivity index (χ3n) is 4.58. The van der Waals surface area contributed by atoms with E-state index in [9.17, 15) is 4.79 Å². The van der Waals surface area contributed by atoms with Crippen LogP contribution < -0.4 is 16.4 Å². The van der Waals surface area contributed by atoms with Gasteiger partial charge >= 0.3 is 0 Å². The van der Waals surface area contributed by atoms with Crippen LogP contribution in [-0.4, -0.2) is 29.5 Å². The van der Waals surface area contributed by atoms with Crippen molar-refractivity contribution in [3.8, 4) is 10.4 Å². The van der Waals surface area contributed by atoms with Crippen LogP contribution in [0, 0.1) is 5.92 Å². The molecule has 2 bridgehead atoms. The van der Waals surface area contributed by atoms with Crippen molar-refractivity contribution in [3.63, 3.8) is 0 Å². The zero-order chi connectivity index (χ0) is 15.1. The SMILES string of the molecule is Nc1ccc(-c2cnc(C(=O)NC3CC4CC3CN4)s2)cc1. The first kappa shape index (κ1) is 13.7. The van der Waals surface area contributed by atoms with E-state index in [0.717, 1.165) is 29.1 Å². The van der Waals surface area contributed by atoms with Crippen molar-refractivity contribution >= 4 is 22.9 Å². The summed E-state index contributed by atoms with van der Waals surface area (Å²) in [7, 11) is 0. The predicted octanol–water partition coefficient (Wildman–Crippen LogP) is 1.87. The van der Waals surface area contributed by atoms with Gasteiger partial charge in [0.25, 0.3) is 5.91 Å². The summed E-state index contributed by atoms with van der Waals surface area (Å²) >= 11 is 1.42. The maximum atomic E-state index is 12.4. The molecule has 1 aromatic carbocycles. The molecule has 114 valence electrons. The number of nitrogens with one attached hydrogen (secondary N) is 2. The van der Waals surface area contributed by atoms with Gasteiger partial charge in [-0.3, -0.25) is 4.79 Å². The zero-order valence-electron chi connectivity index (χ0n) is 12.1. The van der Waals surface area contributed by atoms with E-state index in [1.54, 1.807) is 6.20 Å². The van der Waals surface area contributed by atoms with Crippen molar-refractivity contribution in [2.75, 3.05) is 12.3 Å². The summed E-state index contributed by atoms with van der Waals surface area (Å²) < 4.78 is 0. The molecule has 1 amide bonds. The lowest BCUT2D eigenvalue weighted by molar-refractivity contribution is 0.0924. The number of piperidine rings is 1. The minimum Gasteiger partial charge on any atom is -0.399 e. The lowest BCUT2D eigenvalue weighted by Crippen LogP contribution is -2.44. The summed E-state index contributed by atoms with van der Waals surface area (Å²) in [5.74, 6) is 0.523. The number of benzene rings is 1. The van der Waals surface area contributed by atoms with Crippen LogP contribution in [0.25, 0.3) is 10.4 Å². The molecule has 1 aromatic heterocycles. The maximum absolute atomic E-state index is 12.4. The second-order valence-corrected chi connectivity index (χ2v) is 7.10. The maximum Gasteiger partial charge on any atom is 0.280 e. The Morgan fingerprint density at radius 3 is 2.82 bits per heavy atom. The minimum absolute atomic E-state index is 0.0516. The fourth-order valence-electron chi connectivity index (χ4n) is 3.40. The first-order valence-corrected chi connectivity index (χ1v) is 8.36. The normalized spacial score (nSPS) is 26.3. The van der Waals surface area contributed by atoms with Crippen molar-refractivity contribution in [2.45, 2.75) is 24.9 Å². The Morgan fingerprint density at radius 2 is 2.14 bits per heavy atom. The highest BCUT2D eigenvalue weighted by Gasteiger charge is 2.40. The van der Waals surface area contributed by atoms with Crippen LogP contribution in [0.15, 0.2) is 30.5 Å². The molecule has 5 nitrogen and oxygen atoms in total. The van der Waals surface area contributed by atoms with Crippen molar-refractivity contribution in [2.24, 2.45) is 5.92 Å². The average molecular weight is 314 g/mol. The number of aromatic nitrogens is 1. The highest BCUT2D eigenvalue weighted by molar-refractivity contribution is 7.16. The van der Waals surface area contributed by atoms with Gasteiger partial charge in [-0.1, -0.05) is 12.1 Å². The van der Waals surface area contributed by atoms with Gasteiger partial charge in [-0.15, -0.1) is 11.3 Å². The molecule has 2 aliphatic rings. The van der Waals surface area contributed by atoms with E-state index in [1.807, 2.05) is 24.3 Å². The molecule has 4 N–H and O–H groups in total. The van der Waals surface area contributed by atoms with Gasteiger partial charge in [0.2, 0.25) is 0 Å². The summed E-state index contributed by atoms with van der Waals surface area (Å²) in [6.45, 7) is 1.02. The summed E-state index contributed by atoms with van der Waals surface area (Å²) in [4.78, 5) is 17.6. The number of hydrogen-bond acceptors (Lipinski definition) is 5. The largest absolute Gasteiger partial charge is 0.399 e. The van der Waals surface area contributed by atoms with Gasteiger partial charge in [-0.25, -0.2) is 4.98 Å². The van der Waals surface area contributed by atoms with Gasteiger partial charge in [-0.05, 0) is 36.5 Å². The molecule has 22 heavy (non-hydrogen) atoms. The molecule has 6 heteroatoms. The van der Waals surface area contributed by atoms with E-state index in [2.05, 4.69) is 15.6 Å². The summed E-state index contributed by atoms with van der Waals surface area (Å²) in [6.07, 6.45) is 3.97. The Morgan fingerprint density at radius 1 is 1.32 bits per heavy atom. The van der Waals surface area contributed by atoms with E-state index in [0.29, 0.717) is 23.0 Å². The second kappa shape index (κ2) is 5.37. The number of nitrogens with zero attached hydrogens (tertiary/aromatic N) is 1. The van der Waals surface area contributed by atoms with Crippen molar-refractivity contribution in [1.29, 1.82) is 0 Å². The second-order valence-electron chi connectivity index (χ2n) is 6.07. The highest BCUT2D eigenvalue weighted by atomic mass is 32.1. The average Bonchev–Trinajstić information content (AvgIpc) is 3.24. The fraction of sp³-hybridized carbons (Fsp3) is 0.375. The van der Waals surface area contributed by atoms with Gasteiger partial charge < -0.3 is 16.4 Å². The van der Waals surface area contributed by atoms with Gasteiger partial charge in [0, 0.05) is 30.5 Å². The Hall–Kier alpha value is -1.92. The third-order valence-corrected chi connectivity index (χ3v) is 5.62. The van der Waals surface area contributed by atoms with Crippen LogP contribution in [0.4, 0.5) is 5.69 Å². The third kappa shape index (κ3) is 2.48. The lowest BCUT2D eigenvalue weighted by Gasteiger charge is -2.22. The molecule has 1 aliphatic heterocycles. The van der Waals surface area contributed by atoms with Gasteiger partial charge in [0.15, 0.2) is 5.01 Å². The van der Waals surface area contributed by atoms with Gasteiger partial charge in [-0.2, -0.15) is 0 Å². The number of carbonyl (C=O) groups is 1. The van der Waals surface area contributed by atoms with Crippen molar-refractivity contribution in [1.82, 2.24) is 15.6 Å². The Labute approximate surface area is 132 Å². The summed E-state index contributed by atoms with van der Waals surface area (Å²) in [5.41, 5.74) is 7.47. The Kier molecular flexibility index (Phi) is 3.35. The van der Waals surface area contributed by atoms with E-state index in [1.165, 1.54) is 17.8 Å². The standard InChI is InChI=1S/C16H18N4OS/c17-11-3-1-9(2-4-11)14-8-19-16(22-14)15(21)20-13-6-12-5-10(13)7-18-12/h1-4,8,10,12-13,18H,5-7,17H2,(H,20,21). The van der Waals surface area contributed by atoms with Crippen LogP contribution in [0.5, 0.6) is 0 Å². The Balaban J connectivity index is 1.46. The quantitative estimate of drug-likeness (QED) is 0.756.